The van der Waals surface area contributed by atoms with E-state index in [0.717, 1.165) is 11.8 Å². The van der Waals surface area contributed by atoms with Gasteiger partial charge in [0, 0.05) is 18.9 Å². The van der Waals surface area contributed by atoms with Gasteiger partial charge in [0.15, 0.2) is 0 Å². The highest BCUT2D eigenvalue weighted by molar-refractivity contribution is 7.90. The summed E-state index contributed by atoms with van der Waals surface area (Å²) in [5.41, 5.74) is 1.59. The van der Waals surface area contributed by atoms with Crippen molar-refractivity contribution >= 4 is 27.3 Å². The Bertz CT molecular complexity index is 626. The first-order valence-electron chi connectivity index (χ1n) is 6.50. The van der Waals surface area contributed by atoms with Crippen molar-refractivity contribution in [2.24, 2.45) is 0 Å². The zero-order valence-corrected chi connectivity index (χ0v) is 13.2. The zero-order chi connectivity index (χ0) is 16.0. The lowest BCUT2D eigenvalue weighted by molar-refractivity contribution is -0.125. The Balaban J connectivity index is 2.77. The molecule has 0 fully saturated rings. The van der Waals surface area contributed by atoms with Crippen LogP contribution in [-0.4, -0.2) is 38.3 Å². The largest absolute Gasteiger partial charge is 0.345 e. The average molecular weight is 312 g/mol. The Kier molecular flexibility index (Phi) is 5.90. The molecule has 0 saturated carbocycles. The molecule has 1 aromatic rings. The Morgan fingerprint density at radius 2 is 1.95 bits per heavy atom. The van der Waals surface area contributed by atoms with Gasteiger partial charge in [-0.1, -0.05) is 12.1 Å². The third-order valence-electron chi connectivity index (χ3n) is 2.76. The van der Waals surface area contributed by atoms with Gasteiger partial charge in [0.05, 0.1) is 5.75 Å². The van der Waals surface area contributed by atoms with Crippen molar-refractivity contribution in [2.75, 3.05) is 17.3 Å². The number of aryl methyl sites for hydroxylation is 1. The molecule has 0 saturated heterocycles. The molecule has 7 heteroatoms. The summed E-state index contributed by atoms with van der Waals surface area (Å²) in [6, 6.07) is 6.34. The second-order valence-electron chi connectivity index (χ2n) is 5.03. The van der Waals surface area contributed by atoms with E-state index < -0.39 is 21.8 Å². The van der Waals surface area contributed by atoms with Crippen LogP contribution < -0.4 is 10.6 Å². The van der Waals surface area contributed by atoms with E-state index in [2.05, 4.69) is 10.6 Å². The summed E-state index contributed by atoms with van der Waals surface area (Å²) in [4.78, 5) is 23.3. The van der Waals surface area contributed by atoms with E-state index in [1.165, 1.54) is 6.92 Å². The zero-order valence-electron chi connectivity index (χ0n) is 12.3. The third kappa shape index (κ3) is 6.89. The minimum atomic E-state index is -3.20. The molecule has 116 valence electrons. The molecular formula is C14H20N2O4S. The highest BCUT2D eigenvalue weighted by Gasteiger charge is 2.21. The molecule has 1 rings (SSSR count). The first-order valence-corrected chi connectivity index (χ1v) is 8.56. The number of carbonyl (C=O) groups excluding carboxylic acids is 2. The summed E-state index contributed by atoms with van der Waals surface area (Å²) in [6.45, 7) is 3.18. The fourth-order valence-electron chi connectivity index (χ4n) is 1.80. The molecule has 0 aliphatic carbocycles. The van der Waals surface area contributed by atoms with Crippen molar-refractivity contribution in [3.8, 4) is 0 Å². The van der Waals surface area contributed by atoms with Crippen LogP contribution in [0.3, 0.4) is 0 Å². The predicted octanol–water partition coefficient (Wildman–Crippen LogP) is 0.873. The van der Waals surface area contributed by atoms with Gasteiger partial charge in [-0.25, -0.2) is 8.42 Å². The van der Waals surface area contributed by atoms with E-state index in [0.29, 0.717) is 5.69 Å². The standard InChI is InChI=1S/C14H20N2O4S/c1-10-5-4-6-12(9-10)16-14(18)13(15-11(2)17)7-8-21(3,19)20/h4-6,9,13H,7-8H2,1-3H3,(H,15,17)(H,16,18)/t13-/m1/s1. The van der Waals surface area contributed by atoms with Gasteiger partial charge in [0.25, 0.3) is 0 Å². The minimum absolute atomic E-state index is 0.0378. The van der Waals surface area contributed by atoms with Gasteiger partial charge in [-0.15, -0.1) is 0 Å². The summed E-state index contributed by atoms with van der Waals surface area (Å²) in [6.07, 6.45) is 1.13. The molecule has 0 bridgehead atoms. The highest BCUT2D eigenvalue weighted by Crippen LogP contribution is 2.10. The van der Waals surface area contributed by atoms with Crippen molar-refractivity contribution in [3.63, 3.8) is 0 Å². The van der Waals surface area contributed by atoms with Crippen LogP contribution in [0, 0.1) is 6.92 Å². The third-order valence-corrected chi connectivity index (χ3v) is 3.73. The van der Waals surface area contributed by atoms with Crippen LogP contribution >= 0.6 is 0 Å². The lowest BCUT2D eigenvalue weighted by atomic mass is 10.2. The van der Waals surface area contributed by atoms with Crippen LogP contribution in [0.2, 0.25) is 0 Å². The normalized spacial score (nSPS) is 12.5. The average Bonchev–Trinajstić information content (AvgIpc) is 2.32. The van der Waals surface area contributed by atoms with Gasteiger partial charge in [-0.2, -0.15) is 0 Å². The van der Waals surface area contributed by atoms with Gasteiger partial charge in [-0.05, 0) is 31.0 Å². The second-order valence-corrected chi connectivity index (χ2v) is 7.29. The molecule has 0 aliphatic heterocycles. The molecule has 0 heterocycles. The Morgan fingerprint density at radius 3 is 2.48 bits per heavy atom. The van der Waals surface area contributed by atoms with Gasteiger partial charge in [0.1, 0.15) is 15.9 Å². The molecule has 6 nitrogen and oxygen atoms in total. The lowest BCUT2D eigenvalue weighted by Gasteiger charge is -2.17. The maximum atomic E-state index is 12.2. The van der Waals surface area contributed by atoms with Gasteiger partial charge in [0.2, 0.25) is 11.8 Å². The fourth-order valence-corrected chi connectivity index (χ4v) is 2.46. The molecule has 0 unspecified atom stereocenters. The fraction of sp³-hybridized carbons (Fsp3) is 0.429. The highest BCUT2D eigenvalue weighted by atomic mass is 32.2. The Morgan fingerprint density at radius 1 is 1.29 bits per heavy atom. The van der Waals surface area contributed by atoms with E-state index in [4.69, 9.17) is 0 Å². The molecule has 0 aliphatic rings. The van der Waals surface area contributed by atoms with Crippen LogP contribution in [0.25, 0.3) is 0 Å². The van der Waals surface area contributed by atoms with E-state index in [1.807, 2.05) is 13.0 Å². The van der Waals surface area contributed by atoms with E-state index >= 15 is 0 Å². The van der Waals surface area contributed by atoms with Crippen LogP contribution in [0.15, 0.2) is 24.3 Å². The van der Waals surface area contributed by atoms with Crippen molar-refractivity contribution in [3.05, 3.63) is 29.8 Å². The molecule has 2 N–H and O–H groups in total. The van der Waals surface area contributed by atoms with Crippen molar-refractivity contribution in [1.82, 2.24) is 5.32 Å². The maximum Gasteiger partial charge on any atom is 0.246 e. The molecule has 0 radical (unpaired) electrons. The Labute approximate surface area is 124 Å². The Hall–Kier alpha value is -1.89. The number of rotatable bonds is 6. The van der Waals surface area contributed by atoms with Crippen LogP contribution in [0.5, 0.6) is 0 Å². The number of anilines is 1. The van der Waals surface area contributed by atoms with Gasteiger partial charge >= 0.3 is 0 Å². The molecule has 0 spiro atoms. The second kappa shape index (κ2) is 7.21. The van der Waals surface area contributed by atoms with Crippen LogP contribution in [-0.2, 0) is 19.4 Å². The van der Waals surface area contributed by atoms with E-state index in [1.54, 1.807) is 18.2 Å². The lowest BCUT2D eigenvalue weighted by Crippen LogP contribution is -2.43. The first kappa shape index (κ1) is 17.2. The SMILES string of the molecule is CC(=O)N[C@H](CCS(C)(=O)=O)C(=O)Nc1cccc(C)c1. The number of hydrogen-bond donors (Lipinski definition) is 2. The molecule has 0 aromatic heterocycles. The predicted molar refractivity (Wildman–Crippen MR) is 81.7 cm³/mol. The van der Waals surface area contributed by atoms with Gasteiger partial charge in [-0.3, -0.25) is 9.59 Å². The number of benzene rings is 1. The summed E-state index contributed by atoms with van der Waals surface area (Å²) < 4.78 is 22.4. The number of carbonyl (C=O) groups is 2. The quantitative estimate of drug-likeness (QED) is 0.815. The van der Waals surface area contributed by atoms with E-state index in [9.17, 15) is 18.0 Å². The van der Waals surface area contributed by atoms with Crippen molar-refractivity contribution in [2.45, 2.75) is 26.3 Å². The summed E-state index contributed by atoms with van der Waals surface area (Å²) >= 11 is 0. The smallest absolute Gasteiger partial charge is 0.246 e. The summed E-state index contributed by atoms with van der Waals surface area (Å²) in [7, 11) is -3.20. The molecular weight excluding hydrogens is 292 g/mol. The molecule has 1 atom stereocenters. The van der Waals surface area contributed by atoms with Gasteiger partial charge < -0.3 is 10.6 Å². The number of amides is 2. The molecule has 1 aromatic carbocycles. The summed E-state index contributed by atoms with van der Waals surface area (Å²) in [5, 5.41) is 5.15. The monoisotopic (exact) mass is 312 g/mol. The topological polar surface area (TPSA) is 92.3 Å². The summed E-state index contributed by atoms with van der Waals surface area (Å²) in [5.74, 6) is -0.980. The minimum Gasteiger partial charge on any atom is -0.345 e. The van der Waals surface area contributed by atoms with Crippen LogP contribution in [0.4, 0.5) is 5.69 Å². The van der Waals surface area contributed by atoms with Crippen molar-refractivity contribution < 1.29 is 18.0 Å². The maximum absolute atomic E-state index is 12.2. The molecule has 2 amide bonds. The van der Waals surface area contributed by atoms with E-state index in [-0.39, 0.29) is 18.1 Å². The van der Waals surface area contributed by atoms with Crippen molar-refractivity contribution in [1.29, 1.82) is 0 Å². The molecule has 21 heavy (non-hydrogen) atoms. The number of sulfone groups is 1. The first-order chi connectivity index (χ1) is 9.67. The van der Waals surface area contributed by atoms with Crippen LogP contribution in [0.1, 0.15) is 18.9 Å². The number of hydrogen-bond acceptors (Lipinski definition) is 4. The number of nitrogens with one attached hydrogen (secondary N) is 2.